The third kappa shape index (κ3) is 4.92. The van der Waals surface area contributed by atoms with Gasteiger partial charge in [-0.05, 0) is 18.4 Å². The maximum absolute atomic E-state index is 11.6. The highest BCUT2D eigenvalue weighted by molar-refractivity contribution is 7.98. The van der Waals surface area contributed by atoms with Crippen LogP contribution >= 0.6 is 23.1 Å². The number of rotatable bonds is 7. The number of aromatic nitrogens is 1. The van der Waals surface area contributed by atoms with Gasteiger partial charge >= 0.3 is 5.97 Å². The fraction of sp³-hybridized carbons (Fsp3) is 0.500. The number of carbonyl (C=O) groups excluding carboxylic acids is 1. The number of carboxylic acid groups (broad SMARTS) is 1. The molecular formula is C10H15N3O3S2. The SMILES string of the molecule is CSCC[C@H](NC(=O)Cc1csc(N)n1)C(=O)O. The predicted molar refractivity (Wildman–Crippen MR) is 72.8 cm³/mol. The van der Waals surface area contributed by atoms with Crippen LogP contribution in [0.15, 0.2) is 5.38 Å². The van der Waals surface area contributed by atoms with Gasteiger partial charge < -0.3 is 16.2 Å². The Bertz CT molecular complexity index is 422. The summed E-state index contributed by atoms with van der Waals surface area (Å²) in [6.45, 7) is 0. The van der Waals surface area contributed by atoms with Crippen molar-refractivity contribution in [1.82, 2.24) is 10.3 Å². The van der Waals surface area contributed by atoms with Crippen LogP contribution in [0.2, 0.25) is 0 Å². The lowest BCUT2D eigenvalue weighted by atomic mass is 10.2. The van der Waals surface area contributed by atoms with Crippen LogP contribution in [-0.4, -0.2) is 40.0 Å². The molecule has 100 valence electrons. The Kier molecular flexibility index (Phi) is 5.93. The second kappa shape index (κ2) is 7.22. The van der Waals surface area contributed by atoms with E-state index < -0.39 is 12.0 Å². The van der Waals surface area contributed by atoms with Crippen molar-refractivity contribution in [3.05, 3.63) is 11.1 Å². The molecular weight excluding hydrogens is 274 g/mol. The number of thiazole rings is 1. The summed E-state index contributed by atoms with van der Waals surface area (Å²) >= 11 is 2.79. The molecule has 0 aliphatic carbocycles. The van der Waals surface area contributed by atoms with Crippen molar-refractivity contribution in [2.75, 3.05) is 17.7 Å². The van der Waals surface area contributed by atoms with E-state index in [-0.39, 0.29) is 12.3 Å². The van der Waals surface area contributed by atoms with Crippen LogP contribution in [0.5, 0.6) is 0 Å². The topological polar surface area (TPSA) is 105 Å². The number of thioether (sulfide) groups is 1. The summed E-state index contributed by atoms with van der Waals surface area (Å²) in [5.74, 6) is -0.690. The minimum atomic E-state index is -1.02. The number of nitrogen functional groups attached to an aromatic ring is 1. The number of hydrogen-bond acceptors (Lipinski definition) is 6. The van der Waals surface area contributed by atoms with Crippen molar-refractivity contribution in [3.8, 4) is 0 Å². The zero-order chi connectivity index (χ0) is 13.5. The fourth-order valence-electron chi connectivity index (χ4n) is 1.31. The van der Waals surface area contributed by atoms with Crippen molar-refractivity contribution in [2.45, 2.75) is 18.9 Å². The molecule has 18 heavy (non-hydrogen) atoms. The van der Waals surface area contributed by atoms with Crippen LogP contribution < -0.4 is 11.1 Å². The average Bonchev–Trinajstić information content (AvgIpc) is 2.69. The maximum atomic E-state index is 11.6. The second-order valence-electron chi connectivity index (χ2n) is 3.59. The lowest BCUT2D eigenvalue weighted by Crippen LogP contribution is -2.41. The highest BCUT2D eigenvalue weighted by Crippen LogP contribution is 2.11. The first-order valence-corrected chi connectivity index (χ1v) is 7.51. The van der Waals surface area contributed by atoms with Gasteiger partial charge in [-0.2, -0.15) is 11.8 Å². The molecule has 1 heterocycles. The molecule has 0 saturated carbocycles. The zero-order valence-electron chi connectivity index (χ0n) is 9.88. The van der Waals surface area contributed by atoms with Gasteiger partial charge in [-0.1, -0.05) is 0 Å². The summed E-state index contributed by atoms with van der Waals surface area (Å²) in [6, 6.07) is -0.846. The van der Waals surface area contributed by atoms with Crippen LogP contribution in [-0.2, 0) is 16.0 Å². The predicted octanol–water partition coefficient (Wildman–Crippen LogP) is 0.590. The number of carbonyl (C=O) groups is 2. The molecule has 0 bridgehead atoms. The Morgan fingerprint density at radius 1 is 1.67 bits per heavy atom. The first kappa shape index (κ1) is 14.8. The van der Waals surface area contributed by atoms with Gasteiger partial charge in [0.25, 0.3) is 0 Å². The molecule has 1 amide bonds. The Morgan fingerprint density at radius 2 is 2.39 bits per heavy atom. The van der Waals surface area contributed by atoms with E-state index in [1.807, 2.05) is 6.26 Å². The highest BCUT2D eigenvalue weighted by Gasteiger charge is 2.19. The van der Waals surface area contributed by atoms with Gasteiger partial charge in [0.15, 0.2) is 5.13 Å². The number of anilines is 1. The molecule has 1 rings (SSSR count). The Balaban J connectivity index is 2.48. The number of amides is 1. The monoisotopic (exact) mass is 289 g/mol. The van der Waals surface area contributed by atoms with Gasteiger partial charge in [0.2, 0.25) is 5.91 Å². The molecule has 0 aromatic carbocycles. The molecule has 4 N–H and O–H groups in total. The Labute approximate surface area is 113 Å². The van der Waals surface area contributed by atoms with E-state index in [9.17, 15) is 9.59 Å². The molecule has 0 aliphatic rings. The number of carboxylic acids is 1. The van der Waals surface area contributed by atoms with Crippen molar-refractivity contribution in [2.24, 2.45) is 0 Å². The van der Waals surface area contributed by atoms with Gasteiger partial charge in [0.05, 0.1) is 12.1 Å². The van der Waals surface area contributed by atoms with Crippen LogP contribution in [0.4, 0.5) is 5.13 Å². The van der Waals surface area contributed by atoms with Gasteiger partial charge in [0.1, 0.15) is 6.04 Å². The van der Waals surface area contributed by atoms with E-state index in [4.69, 9.17) is 10.8 Å². The summed E-state index contributed by atoms with van der Waals surface area (Å²) in [5, 5.41) is 13.5. The molecule has 6 nitrogen and oxygen atoms in total. The smallest absolute Gasteiger partial charge is 0.326 e. The number of nitrogens with zero attached hydrogens (tertiary/aromatic N) is 1. The molecule has 1 atom stereocenters. The maximum Gasteiger partial charge on any atom is 0.326 e. The standard InChI is InChI=1S/C10H15N3O3S2/c1-17-3-2-7(9(15)16)13-8(14)4-6-5-18-10(11)12-6/h5,7H,2-4H2,1H3,(H2,11,12)(H,13,14)(H,15,16)/t7-/m0/s1. The number of aliphatic carboxylic acids is 1. The molecule has 1 aromatic rings. The zero-order valence-corrected chi connectivity index (χ0v) is 11.5. The first-order chi connectivity index (χ1) is 8.52. The van der Waals surface area contributed by atoms with E-state index in [1.54, 1.807) is 5.38 Å². The highest BCUT2D eigenvalue weighted by atomic mass is 32.2. The summed E-state index contributed by atoms with van der Waals surface area (Å²) in [6.07, 6.45) is 2.34. The summed E-state index contributed by atoms with van der Waals surface area (Å²) < 4.78 is 0. The van der Waals surface area contributed by atoms with Crippen molar-refractivity contribution >= 4 is 40.1 Å². The van der Waals surface area contributed by atoms with Crippen LogP contribution in [0.25, 0.3) is 0 Å². The summed E-state index contributed by atoms with van der Waals surface area (Å²) in [7, 11) is 0. The number of hydrogen-bond donors (Lipinski definition) is 3. The molecule has 0 unspecified atom stereocenters. The third-order valence-electron chi connectivity index (χ3n) is 2.16. The molecule has 1 aromatic heterocycles. The Morgan fingerprint density at radius 3 is 2.89 bits per heavy atom. The van der Waals surface area contributed by atoms with E-state index in [0.29, 0.717) is 23.0 Å². The van der Waals surface area contributed by atoms with Crippen LogP contribution in [0.1, 0.15) is 12.1 Å². The first-order valence-electron chi connectivity index (χ1n) is 5.24. The second-order valence-corrected chi connectivity index (χ2v) is 5.47. The van der Waals surface area contributed by atoms with Gasteiger partial charge in [0, 0.05) is 5.38 Å². The van der Waals surface area contributed by atoms with Crippen LogP contribution in [0, 0.1) is 0 Å². The molecule has 0 saturated heterocycles. The molecule has 0 fully saturated rings. The molecule has 0 aliphatic heterocycles. The van der Waals surface area contributed by atoms with E-state index >= 15 is 0 Å². The lowest BCUT2D eigenvalue weighted by Gasteiger charge is -2.13. The van der Waals surface area contributed by atoms with Crippen molar-refractivity contribution < 1.29 is 14.7 Å². The minimum Gasteiger partial charge on any atom is -0.480 e. The average molecular weight is 289 g/mol. The Hall–Kier alpha value is -1.28. The normalized spacial score (nSPS) is 12.1. The number of nitrogens with two attached hydrogens (primary N) is 1. The molecule has 0 radical (unpaired) electrons. The molecule has 8 heteroatoms. The number of nitrogens with one attached hydrogen (secondary N) is 1. The lowest BCUT2D eigenvalue weighted by molar-refractivity contribution is -0.141. The van der Waals surface area contributed by atoms with Crippen molar-refractivity contribution in [1.29, 1.82) is 0 Å². The summed E-state index contributed by atoms with van der Waals surface area (Å²) in [5.41, 5.74) is 6.01. The van der Waals surface area contributed by atoms with E-state index in [1.165, 1.54) is 23.1 Å². The van der Waals surface area contributed by atoms with Crippen LogP contribution in [0.3, 0.4) is 0 Å². The van der Waals surface area contributed by atoms with Gasteiger partial charge in [-0.15, -0.1) is 11.3 Å². The largest absolute Gasteiger partial charge is 0.480 e. The fourth-order valence-corrected chi connectivity index (χ4v) is 2.34. The third-order valence-corrected chi connectivity index (χ3v) is 3.52. The molecule has 0 spiro atoms. The van der Waals surface area contributed by atoms with E-state index in [2.05, 4.69) is 10.3 Å². The quantitative estimate of drug-likeness (QED) is 0.678. The van der Waals surface area contributed by atoms with Gasteiger partial charge in [-0.3, -0.25) is 4.79 Å². The van der Waals surface area contributed by atoms with E-state index in [0.717, 1.165) is 0 Å². The van der Waals surface area contributed by atoms with Crippen molar-refractivity contribution in [3.63, 3.8) is 0 Å². The minimum absolute atomic E-state index is 0.0523. The van der Waals surface area contributed by atoms with Gasteiger partial charge in [-0.25, -0.2) is 9.78 Å². The summed E-state index contributed by atoms with van der Waals surface area (Å²) in [4.78, 5) is 26.5.